The molecule has 0 heterocycles. The van der Waals surface area contributed by atoms with Crippen LogP contribution in [-0.4, -0.2) is 72.9 Å². The summed E-state index contributed by atoms with van der Waals surface area (Å²) in [4.78, 5) is 98.4. The Morgan fingerprint density at radius 2 is 0.519 bits per heavy atom. The Labute approximate surface area is 634 Å². The van der Waals surface area contributed by atoms with Gasteiger partial charge in [-0.1, -0.05) is 364 Å². The lowest BCUT2D eigenvalue weighted by atomic mass is 9.68. The Hall–Kier alpha value is -12.8. The van der Waals surface area contributed by atoms with Crippen LogP contribution in [0.1, 0.15) is 104 Å². The van der Waals surface area contributed by atoms with Crippen molar-refractivity contribution in [1.82, 2.24) is 21.3 Å². The average molecular weight is 1430 g/mol. The average Bonchev–Trinajstić information content (AvgIpc) is 0.741. The fourth-order valence-corrected chi connectivity index (χ4v) is 13.0. The molecule has 0 saturated carbocycles. The van der Waals surface area contributed by atoms with Crippen LogP contribution in [0.5, 0.6) is 0 Å². The van der Waals surface area contributed by atoms with E-state index in [1.54, 1.807) is 0 Å². The minimum absolute atomic E-state index is 0.0499. The first kappa shape index (κ1) is 79.3. The fourth-order valence-electron chi connectivity index (χ4n) is 13.0. The second-order valence-corrected chi connectivity index (χ2v) is 26.2. The lowest BCUT2D eigenvalue weighted by Crippen LogP contribution is -2.50. The highest BCUT2D eigenvalue weighted by Crippen LogP contribution is 2.40. The summed E-state index contributed by atoms with van der Waals surface area (Å²) in [5, 5.41) is 11.7. The number of nitrogens with one attached hydrogen (secondary N) is 4. The Morgan fingerprint density at radius 1 is 0.269 bits per heavy atom. The Bertz CT molecular complexity index is 4420. The highest BCUT2D eigenvalue weighted by Gasteiger charge is 2.44. The molecule has 12 nitrogen and oxygen atoms in total. The Balaban J connectivity index is 0.000000167. The molecule has 0 unspecified atom stereocenters. The van der Waals surface area contributed by atoms with E-state index in [0.29, 0.717) is 32.1 Å². The van der Waals surface area contributed by atoms with Gasteiger partial charge in [0.25, 0.3) is 0 Å². The monoisotopic (exact) mass is 1430 g/mol. The summed E-state index contributed by atoms with van der Waals surface area (Å²) in [5.41, 5.74) is 10.6. The van der Waals surface area contributed by atoms with Gasteiger partial charge >= 0.3 is 0 Å². The Morgan fingerprint density at radius 3 is 0.824 bits per heavy atom. The molecule has 4 atom stereocenters. The number of carbonyl (C=O) groups excluding carboxylic acids is 8. The van der Waals surface area contributed by atoms with Gasteiger partial charge in [-0.3, -0.25) is 19.2 Å². The van der Waals surface area contributed by atoms with Crippen molar-refractivity contribution in [3.63, 3.8) is 0 Å². The highest BCUT2D eigenvalue weighted by molar-refractivity contribution is 5.97. The van der Waals surface area contributed by atoms with E-state index in [2.05, 4.69) is 33.4 Å². The van der Waals surface area contributed by atoms with Crippen molar-refractivity contribution in [2.45, 2.75) is 99.2 Å². The highest BCUT2D eigenvalue weighted by atomic mass is 16.2. The quantitative estimate of drug-likeness (QED) is 0.0182. The SMILES string of the molecule is O=C[C@H](CCc1ccccc1)NC(=O)C(c1ccccc1)c1ccccc1.O=C[C@H](Cc1ccccc1)NC(=O)C(c1ccccc1)(c1ccccc1)c1ccccc1.O=C[C@H](Cc1ccccc1)NC(=O)C(c1ccccc1)c1ccccc1.O=C[C@H](Cc1ccccc1)NC(=O)CCCCc1ccccc1. The topological polar surface area (TPSA) is 185 Å². The molecular weight excluding hydrogens is 1340 g/mol. The number of hydrogen-bond acceptors (Lipinski definition) is 8. The smallest absolute Gasteiger partial charge is 0.240 e. The maximum atomic E-state index is 14.2. The maximum absolute atomic E-state index is 14.2. The lowest BCUT2D eigenvalue weighted by Gasteiger charge is -2.35. The number of carbonyl (C=O) groups is 8. The van der Waals surface area contributed by atoms with E-state index in [-0.39, 0.29) is 23.6 Å². The van der Waals surface area contributed by atoms with Crippen LogP contribution < -0.4 is 21.3 Å². The minimum Gasteiger partial charge on any atom is -0.346 e. The fraction of sp³-hybridized carbons (Fsp3) is 0.167. The molecule has 0 saturated heterocycles. The van der Waals surface area contributed by atoms with Gasteiger partial charge in [0, 0.05) is 6.42 Å². The molecule has 0 radical (unpaired) electrons. The van der Waals surface area contributed by atoms with E-state index in [9.17, 15) is 38.4 Å². The van der Waals surface area contributed by atoms with E-state index in [4.69, 9.17) is 0 Å². The van der Waals surface area contributed by atoms with Crippen LogP contribution in [0.2, 0.25) is 0 Å². The first-order valence-corrected chi connectivity index (χ1v) is 36.7. The Kier molecular flexibility index (Phi) is 32.4. The van der Waals surface area contributed by atoms with Crippen molar-refractivity contribution in [1.29, 1.82) is 0 Å². The third-order valence-electron chi connectivity index (χ3n) is 18.4. The van der Waals surface area contributed by atoms with Gasteiger partial charge in [-0.15, -0.1) is 0 Å². The zero-order chi connectivity index (χ0) is 75.6. The molecule has 12 heteroatoms. The van der Waals surface area contributed by atoms with Gasteiger partial charge in [-0.2, -0.15) is 0 Å². The number of amides is 4. The van der Waals surface area contributed by atoms with E-state index in [1.807, 2.05) is 352 Å². The van der Waals surface area contributed by atoms with Crippen LogP contribution in [0, 0.1) is 0 Å². The van der Waals surface area contributed by atoms with Gasteiger partial charge in [-0.05, 0) is 118 Å². The molecule has 12 aromatic rings. The molecule has 0 spiro atoms. The molecule has 0 aliphatic carbocycles. The molecule has 4 amide bonds. The van der Waals surface area contributed by atoms with Gasteiger partial charge in [0.15, 0.2) is 0 Å². The van der Waals surface area contributed by atoms with Crippen molar-refractivity contribution in [2.75, 3.05) is 0 Å². The third kappa shape index (κ3) is 24.7. The molecule has 12 aromatic carbocycles. The van der Waals surface area contributed by atoms with Crippen molar-refractivity contribution in [3.8, 4) is 0 Å². The normalized spacial score (nSPS) is 11.8. The molecule has 4 N–H and O–H groups in total. The van der Waals surface area contributed by atoms with Crippen LogP contribution in [0.3, 0.4) is 0 Å². The summed E-state index contributed by atoms with van der Waals surface area (Å²) in [6.07, 6.45) is 9.29. The molecule has 108 heavy (non-hydrogen) atoms. The minimum atomic E-state index is -1.10. The van der Waals surface area contributed by atoms with Crippen molar-refractivity contribution < 1.29 is 38.4 Å². The summed E-state index contributed by atoms with van der Waals surface area (Å²) in [5.74, 6) is -1.49. The van der Waals surface area contributed by atoms with Crippen molar-refractivity contribution in [2.24, 2.45) is 0 Å². The van der Waals surface area contributed by atoms with E-state index in [1.165, 1.54) is 5.56 Å². The van der Waals surface area contributed by atoms with Crippen molar-refractivity contribution >= 4 is 48.8 Å². The summed E-state index contributed by atoms with van der Waals surface area (Å²) < 4.78 is 0. The number of benzene rings is 12. The van der Waals surface area contributed by atoms with Crippen LogP contribution in [0.25, 0.3) is 0 Å². The summed E-state index contributed by atoms with van der Waals surface area (Å²) in [6.45, 7) is 0. The lowest BCUT2D eigenvalue weighted by molar-refractivity contribution is -0.126. The molecule has 0 fully saturated rings. The standard InChI is InChI=1S/C29H25NO2.C24H23NO2.C23H21NO2.C20H23NO2/c31-22-27(21-23-13-5-1-6-14-23)30-28(32)29(24-15-7-2-8-16-24,25-17-9-3-10-18-25)26-19-11-4-12-20-26;26-18-22(17-16-19-10-4-1-5-11-19)25-24(27)23(20-12-6-2-7-13-20)21-14-8-3-9-15-21;25-17-21(16-18-10-4-1-5-11-18)24-23(26)22(19-12-6-2-7-13-19)20-14-8-3-9-15-20;22-16-19(15-18-12-5-2-6-13-18)21-20(23)14-8-7-11-17-9-3-1-4-10-17/h1-20,22,27H,21H2,(H,30,32);1-15,18,22-23H,16-17H2,(H,25,27);1-15,17,21-22H,16H2,(H,24,26);1-6,9-10,12-13,16,19H,7-8,11,14-15H2,(H,21,23)/t27-;22-;21-;19-/m0000/s1. The molecule has 0 aromatic heterocycles. The maximum Gasteiger partial charge on any atom is 0.240 e. The predicted molar refractivity (Wildman–Crippen MR) is 430 cm³/mol. The molecule has 0 aliphatic rings. The first-order valence-electron chi connectivity index (χ1n) is 36.7. The number of rotatable bonds is 32. The number of hydrogen-bond donors (Lipinski definition) is 4. The van der Waals surface area contributed by atoms with Crippen LogP contribution in [0.15, 0.2) is 364 Å². The number of aldehydes is 4. The number of aryl methyl sites for hydroxylation is 2. The van der Waals surface area contributed by atoms with E-state index < -0.39 is 41.4 Å². The van der Waals surface area contributed by atoms with Crippen LogP contribution in [-0.2, 0) is 75.9 Å². The van der Waals surface area contributed by atoms with E-state index >= 15 is 0 Å². The van der Waals surface area contributed by atoms with Gasteiger partial charge < -0.3 is 40.4 Å². The van der Waals surface area contributed by atoms with Gasteiger partial charge in [0.1, 0.15) is 30.6 Å². The van der Waals surface area contributed by atoms with Gasteiger partial charge in [-0.25, -0.2) is 0 Å². The first-order chi connectivity index (χ1) is 53.1. The van der Waals surface area contributed by atoms with Crippen LogP contribution >= 0.6 is 0 Å². The molecule has 12 rings (SSSR count). The molecule has 0 aliphatic heterocycles. The van der Waals surface area contributed by atoms with E-state index in [0.717, 1.165) is 112 Å². The molecule has 0 bridgehead atoms. The zero-order valence-corrected chi connectivity index (χ0v) is 60.5. The largest absolute Gasteiger partial charge is 0.346 e. The van der Waals surface area contributed by atoms with Gasteiger partial charge in [0.2, 0.25) is 23.6 Å². The second-order valence-electron chi connectivity index (χ2n) is 26.2. The van der Waals surface area contributed by atoms with Crippen molar-refractivity contribution in [3.05, 3.63) is 431 Å². The summed E-state index contributed by atoms with van der Waals surface area (Å²) in [6, 6.07) is 115. The van der Waals surface area contributed by atoms with Crippen LogP contribution in [0.4, 0.5) is 0 Å². The van der Waals surface area contributed by atoms with Gasteiger partial charge in [0.05, 0.1) is 36.0 Å². The summed E-state index contributed by atoms with van der Waals surface area (Å²) >= 11 is 0. The number of unbranched alkanes of at least 4 members (excludes halogenated alkanes) is 1. The third-order valence-corrected chi connectivity index (χ3v) is 18.4. The predicted octanol–water partition coefficient (Wildman–Crippen LogP) is 16.2. The molecule has 544 valence electrons. The molecular formula is C96H92N4O8. The second kappa shape index (κ2) is 44.1. The zero-order valence-electron chi connectivity index (χ0n) is 60.5. The summed E-state index contributed by atoms with van der Waals surface area (Å²) in [7, 11) is 0.